The van der Waals surface area contributed by atoms with Gasteiger partial charge in [0.05, 0.1) is 10.6 Å². The highest BCUT2D eigenvalue weighted by Gasteiger charge is 2.42. The number of aliphatic hydroxyl groups is 1. The van der Waals surface area contributed by atoms with E-state index in [9.17, 15) is 17.9 Å². The zero-order valence-electron chi connectivity index (χ0n) is 11.5. The number of rotatable bonds is 1. The van der Waals surface area contributed by atoms with Gasteiger partial charge in [0, 0.05) is 5.56 Å². The number of halogens is 1. The number of fused-ring (bicyclic) bond motifs is 1. The molecule has 1 atom stereocenters. The van der Waals surface area contributed by atoms with Gasteiger partial charge in [-0.1, -0.05) is 24.3 Å². The van der Waals surface area contributed by atoms with Crippen molar-refractivity contribution in [3.63, 3.8) is 0 Å². The van der Waals surface area contributed by atoms with E-state index in [0.717, 1.165) is 5.56 Å². The van der Waals surface area contributed by atoms with Gasteiger partial charge in [0.15, 0.2) is 9.84 Å². The molecule has 1 N–H and O–H groups in total. The van der Waals surface area contributed by atoms with Crippen LogP contribution in [-0.2, 0) is 15.4 Å². The molecule has 0 spiro atoms. The Morgan fingerprint density at radius 2 is 1.86 bits per heavy atom. The van der Waals surface area contributed by atoms with Gasteiger partial charge in [0.1, 0.15) is 11.4 Å². The van der Waals surface area contributed by atoms with Gasteiger partial charge in [-0.15, -0.1) is 0 Å². The van der Waals surface area contributed by atoms with Crippen molar-refractivity contribution in [3.05, 3.63) is 65.0 Å². The van der Waals surface area contributed by atoms with Crippen LogP contribution in [0.4, 0.5) is 4.39 Å². The number of sulfone groups is 1. The Balaban J connectivity index is 2.30. The van der Waals surface area contributed by atoms with Crippen LogP contribution in [0.25, 0.3) is 0 Å². The lowest BCUT2D eigenvalue weighted by Gasteiger charge is -2.35. The summed E-state index contributed by atoms with van der Waals surface area (Å²) in [6.45, 7) is 1.78. The topological polar surface area (TPSA) is 54.4 Å². The number of hydrogen-bond donors (Lipinski definition) is 1. The van der Waals surface area contributed by atoms with E-state index in [-0.39, 0.29) is 17.1 Å². The molecular weight excluding hydrogens is 291 g/mol. The van der Waals surface area contributed by atoms with E-state index in [1.165, 1.54) is 18.2 Å². The highest BCUT2D eigenvalue weighted by atomic mass is 32.2. The fourth-order valence-corrected chi connectivity index (χ4v) is 4.57. The molecule has 0 aromatic heterocycles. The molecule has 0 fully saturated rings. The summed E-state index contributed by atoms with van der Waals surface area (Å²) in [7, 11) is -3.40. The van der Waals surface area contributed by atoms with Crippen LogP contribution in [0.3, 0.4) is 0 Å². The third-order valence-electron chi connectivity index (χ3n) is 4.05. The molecule has 0 saturated heterocycles. The largest absolute Gasteiger partial charge is 0.380 e. The lowest BCUT2D eigenvalue weighted by Crippen LogP contribution is -2.37. The molecule has 0 amide bonds. The fourth-order valence-electron chi connectivity index (χ4n) is 2.93. The van der Waals surface area contributed by atoms with Crippen molar-refractivity contribution >= 4 is 9.84 Å². The summed E-state index contributed by atoms with van der Waals surface area (Å²) in [5.41, 5.74) is -0.00326. The first-order chi connectivity index (χ1) is 9.84. The summed E-state index contributed by atoms with van der Waals surface area (Å²) in [6, 6.07) is 10.6. The minimum atomic E-state index is -3.40. The Morgan fingerprint density at radius 1 is 1.14 bits per heavy atom. The molecule has 5 heteroatoms. The molecule has 1 heterocycles. The van der Waals surface area contributed by atoms with Crippen molar-refractivity contribution in [3.8, 4) is 0 Å². The third-order valence-corrected chi connectivity index (χ3v) is 5.81. The van der Waals surface area contributed by atoms with Crippen molar-refractivity contribution in [2.75, 3.05) is 5.75 Å². The fraction of sp³-hybridized carbons (Fsp3) is 0.250. The maximum Gasteiger partial charge on any atom is 0.178 e. The zero-order chi connectivity index (χ0) is 15.3. The lowest BCUT2D eigenvalue weighted by atomic mass is 9.81. The smallest absolute Gasteiger partial charge is 0.178 e. The van der Waals surface area contributed by atoms with Crippen LogP contribution in [0.2, 0.25) is 0 Å². The van der Waals surface area contributed by atoms with Crippen LogP contribution < -0.4 is 0 Å². The Kier molecular flexibility index (Phi) is 3.15. The van der Waals surface area contributed by atoms with Crippen LogP contribution in [-0.4, -0.2) is 19.3 Å². The van der Waals surface area contributed by atoms with Gasteiger partial charge < -0.3 is 5.11 Å². The van der Waals surface area contributed by atoms with Gasteiger partial charge in [0.25, 0.3) is 0 Å². The van der Waals surface area contributed by atoms with Gasteiger partial charge >= 0.3 is 0 Å². The van der Waals surface area contributed by atoms with Gasteiger partial charge in [-0.05, 0) is 42.7 Å². The van der Waals surface area contributed by atoms with Crippen molar-refractivity contribution < 1.29 is 17.9 Å². The van der Waals surface area contributed by atoms with E-state index in [1.54, 1.807) is 31.2 Å². The second-order valence-corrected chi connectivity index (χ2v) is 7.46. The summed E-state index contributed by atoms with van der Waals surface area (Å²) in [5.74, 6) is -0.605. The average molecular weight is 306 g/mol. The Bertz CT molecular complexity index is 814. The molecule has 21 heavy (non-hydrogen) atoms. The van der Waals surface area contributed by atoms with E-state index in [4.69, 9.17) is 0 Å². The van der Waals surface area contributed by atoms with E-state index in [0.29, 0.717) is 11.1 Å². The monoisotopic (exact) mass is 306 g/mol. The lowest BCUT2D eigenvalue weighted by molar-refractivity contribution is 0.0708. The summed E-state index contributed by atoms with van der Waals surface area (Å²) in [4.78, 5) is 0.127. The van der Waals surface area contributed by atoms with Crippen molar-refractivity contribution in [1.82, 2.24) is 0 Å². The molecule has 1 aliphatic heterocycles. The van der Waals surface area contributed by atoms with E-state index >= 15 is 0 Å². The quantitative estimate of drug-likeness (QED) is 0.881. The van der Waals surface area contributed by atoms with Crippen LogP contribution in [0.1, 0.15) is 23.1 Å². The first kappa shape index (κ1) is 14.2. The Morgan fingerprint density at radius 3 is 2.62 bits per heavy atom. The molecule has 2 aromatic carbocycles. The SMILES string of the molecule is Cc1ccc(F)cc1C1(O)CCS(=O)(=O)c2ccccc21. The minimum absolute atomic E-state index is 0.0244. The van der Waals surface area contributed by atoms with Gasteiger partial charge in [-0.3, -0.25) is 0 Å². The molecule has 0 saturated carbocycles. The molecule has 2 aromatic rings. The molecule has 1 unspecified atom stereocenters. The molecule has 110 valence electrons. The second kappa shape index (κ2) is 4.64. The maximum absolute atomic E-state index is 13.6. The van der Waals surface area contributed by atoms with E-state index in [2.05, 4.69) is 0 Å². The molecule has 1 aliphatic rings. The Hall–Kier alpha value is -1.72. The van der Waals surface area contributed by atoms with Crippen LogP contribution >= 0.6 is 0 Å². The maximum atomic E-state index is 13.6. The molecule has 0 bridgehead atoms. The standard InChI is InChI=1S/C16H15FO3S/c1-11-6-7-12(17)10-14(11)16(18)8-9-21(19,20)15-5-3-2-4-13(15)16/h2-7,10,18H,8-9H2,1H3. The minimum Gasteiger partial charge on any atom is -0.380 e. The predicted molar refractivity (Wildman–Crippen MR) is 77.2 cm³/mol. The summed E-state index contributed by atoms with van der Waals surface area (Å²) < 4.78 is 37.9. The first-order valence-electron chi connectivity index (χ1n) is 6.66. The van der Waals surface area contributed by atoms with Crippen LogP contribution in [0, 0.1) is 12.7 Å². The Labute approximate surface area is 123 Å². The number of aryl methyl sites for hydroxylation is 1. The van der Waals surface area contributed by atoms with Gasteiger partial charge in [-0.2, -0.15) is 0 Å². The summed E-state index contributed by atoms with van der Waals surface area (Å²) >= 11 is 0. The van der Waals surface area contributed by atoms with Crippen molar-refractivity contribution in [2.45, 2.75) is 23.8 Å². The molecule has 3 nitrogen and oxygen atoms in total. The third kappa shape index (κ3) is 2.17. The zero-order valence-corrected chi connectivity index (χ0v) is 12.3. The second-order valence-electron chi connectivity index (χ2n) is 5.38. The van der Waals surface area contributed by atoms with Gasteiger partial charge in [0.2, 0.25) is 0 Å². The number of benzene rings is 2. The van der Waals surface area contributed by atoms with Crippen molar-refractivity contribution in [2.24, 2.45) is 0 Å². The highest BCUT2D eigenvalue weighted by molar-refractivity contribution is 7.91. The first-order valence-corrected chi connectivity index (χ1v) is 8.31. The van der Waals surface area contributed by atoms with Crippen molar-refractivity contribution in [1.29, 1.82) is 0 Å². The van der Waals surface area contributed by atoms with Crippen LogP contribution in [0.5, 0.6) is 0 Å². The van der Waals surface area contributed by atoms with Gasteiger partial charge in [-0.25, -0.2) is 12.8 Å². The molecule has 0 aliphatic carbocycles. The van der Waals surface area contributed by atoms with E-state index < -0.39 is 21.3 Å². The number of hydrogen-bond acceptors (Lipinski definition) is 3. The summed E-state index contributed by atoms with van der Waals surface area (Å²) in [6.07, 6.45) is 0.0244. The molecule has 3 rings (SSSR count). The van der Waals surface area contributed by atoms with Crippen LogP contribution in [0.15, 0.2) is 47.4 Å². The van der Waals surface area contributed by atoms with E-state index in [1.807, 2.05) is 0 Å². The predicted octanol–water partition coefficient (Wildman–Crippen LogP) is 2.55. The average Bonchev–Trinajstić information content (AvgIpc) is 2.46. The highest BCUT2D eigenvalue weighted by Crippen LogP contribution is 2.42. The normalized spacial score (nSPS) is 23.6. The summed E-state index contributed by atoms with van der Waals surface area (Å²) in [5, 5.41) is 11.1. The molecular formula is C16H15FO3S. The molecule has 0 radical (unpaired) electrons.